The van der Waals surface area contributed by atoms with Crippen molar-refractivity contribution >= 4 is 13.3 Å². The Hall–Kier alpha value is -3.00. The predicted octanol–water partition coefficient (Wildman–Crippen LogP) is 4.88. The summed E-state index contributed by atoms with van der Waals surface area (Å²) < 4.78 is 39.6. The maximum Gasteiger partial charge on any atom is 0.357 e. The van der Waals surface area contributed by atoms with Gasteiger partial charge in [0, 0.05) is 18.7 Å². The van der Waals surface area contributed by atoms with Crippen LogP contribution in [0.1, 0.15) is 30.9 Å². The molecule has 0 spiro atoms. The lowest BCUT2D eigenvalue weighted by Gasteiger charge is -2.29. The van der Waals surface area contributed by atoms with Crippen molar-refractivity contribution in [2.75, 3.05) is 32.8 Å². The summed E-state index contributed by atoms with van der Waals surface area (Å²) in [6, 6.07) is 14.5. The molecule has 34 heavy (non-hydrogen) atoms. The number of para-hydroxylation sites is 1. The summed E-state index contributed by atoms with van der Waals surface area (Å²) in [5, 5.41) is 3.20. The Balaban J connectivity index is 2.20. The molecule has 0 radical (unpaired) electrons. The van der Waals surface area contributed by atoms with Gasteiger partial charge in [-0.1, -0.05) is 18.2 Å². The van der Waals surface area contributed by atoms with Gasteiger partial charge in [0.05, 0.1) is 38.8 Å². The van der Waals surface area contributed by atoms with E-state index in [1.165, 1.54) is 7.11 Å². The molecule has 1 unspecified atom stereocenters. The quantitative estimate of drug-likeness (QED) is 0.384. The van der Waals surface area contributed by atoms with Gasteiger partial charge in [-0.2, -0.15) is 0 Å². The molecule has 3 rings (SSSR count). The van der Waals surface area contributed by atoms with Crippen molar-refractivity contribution in [1.29, 1.82) is 0 Å². The van der Waals surface area contributed by atoms with Crippen LogP contribution in [0.3, 0.4) is 0 Å². The number of nitrogens with one attached hydrogen (secondary N) is 1. The van der Waals surface area contributed by atoms with E-state index in [4.69, 9.17) is 18.5 Å². The molecule has 0 amide bonds. The number of methoxy groups -OCH3 is 2. The van der Waals surface area contributed by atoms with Crippen LogP contribution in [-0.4, -0.2) is 36.8 Å². The zero-order chi connectivity index (χ0) is 24.9. The summed E-state index contributed by atoms with van der Waals surface area (Å²) in [6.45, 7) is 5.62. The first-order valence-corrected chi connectivity index (χ1v) is 12.6. The lowest BCUT2D eigenvalue weighted by molar-refractivity contribution is 0.213. The number of hydrogen-bond acceptors (Lipinski definition) is 7. The van der Waals surface area contributed by atoms with Crippen molar-refractivity contribution in [2.24, 2.45) is 7.05 Å². The monoisotopic (exact) mass is 489 g/mol. The Kier molecular flexibility index (Phi) is 8.25. The van der Waals surface area contributed by atoms with Gasteiger partial charge in [0.2, 0.25) is 0 Å². The number of rotatable bonds is 11. The average molecular weight is 490 g/mol. The molecule has 0 fully saturated rings. The van der Waals surface area contributed by atoms with Gasteiger partial charge in [0.25, 0.3) is 5.56 Å². The zero-order valence-corrected chi connectivity index (χ0v) is 21.3. The van der Waals surface area contributed by atoms with E-state index in [-0.39, 0.29) is 24.5 Å². The Morgan fingerprint density at radius 3 is 2.21 bits per heavy atom. The van der Waals surface area contributed by atoms with Crippen LogP contribution in [0.5, 0.6) is 11.5 Å². The van der Waals surface area contributed by atoms with Crippen molar-refractivity contribution in [3.05, 3.63) is 70.1 Å². The second-order valence-electron chi connectivity index (χ2n) is 7.47. The molecule has 2 aromatic carbocycles. The Morgan fingerprint density at radius 1 is 1.00 bits per heavy atom. The molecule has 10 heteroatoms. The summed E-state index contributed by atoms with van der Waals surface area (Å²) in [5.74, 6) is -0.0101. The highest BCUT2D eigenvalue weighted by Gasteiger charge is 2.40. The molecule has 1 N–H and O–H groups in total. The maximum absolute atomic E-state index is 14.0. The molecule has 0 aliphatic heterocycles. The molecule has 0 aliphatic carbocycles. The molecular weight excluding hydrogens is 457 g/mol. The standard InChI is InChI=1S/C24H32N3O6P/c1-7-32-34(29,33-8-2)23(20-15-14-19(30-5)16-21(20)31-6)25-22-17(3)26(4)27(24(22)28)18-12-10-9-11-13-18/h9-16,23,25H,7-8H2,1-6H3. The summed E-state index contributed by atoms with van der Waals surface area (Å²) in [5.41, 5.74) is 1.88. The van der Waals surface area contributed by atoms with Gasteiger partial charge in [0.1, 0.15) is 17.2 Å². The highest BCUT2D eigenvalue weighted by atomic mass is 31.2. The molecular formula is C24H32N3O6P. The lowest BCUT2D eigenvalue weighted by atomic mass is 10.1. The van der Waals surface area contributed by atoms with Gasteiger partial charge >= 0.3 is 7.60 Å². The van der Waals surface area contributed by atoms with E-state index < -0.39 is 13.4 Å². The Morgan fingerprint density at radius 2 is 1.65 bits per heavy atom. The van der Waals surface area contributed by atoms with Gasteiger partial charge < -0.3 is 23.8 Å². The van der Waals surface area contributed by atoms with E-state index in [0.29, 0.717) is 28.4 Å². The Bertz CT molecular complexity index is 1210. The molecule has 0 saturated heterocycles. The number of hydrogen-bond donors (Lipinski definition) is 1. The van der Waals surface area contributed by atoms with Crippen LogP contribution in [0.2, 0.25) is 0 Å². The number of ether oxygens (including phenoxy) is 2. The van der Waals surface area contributed by atoms with E-state index in [1.807, 2.05) is 37.3 Å². The molecule has 0 bridgehead atoms. The van der Waals surface area contributed by atoms with Crippen molar-refractivity contribution in [3.63, 3.8) is 0 Å². The average Bonchev–Trinajstić information content (AvgIpc) is 3.05. The molecule has 0 aliphatic rings. The van der Waals surface area contributed by atoms with Gasteiger partial charge in [-0.3, -0.25) is 14.0 Å². The minimum atomic E-state index is -3.79. The molecule has 1 aromatic heterocycles. The Labute approximate surface area is 199 Å². The van der Waals surface area contributed by atoms with E-state index >= 15 is 0 Å². The fraction of sp³-hybridized carbons (Fsp3) is 0.375. The van der Waals surface area contributed by atoms with Gasteiger partial charge in [-0.05, 0) is 45.0 Å². The van der Waals surface area contributed by atoms with Gasteiger partial charge in [-0.15, -0.1) is 0 Å². The molecule has 3 aromatic rings. The van der Waals surface area contributed by atoms with Crippen LogP contribution in [0.15, 0.2) is 53.3 Å². The number of anilines is 1. The van der Waals surface area contributed by atoms with Crippen molar-refractivity contribution in [3.8, 4) is 17.2 Å². The van der Waals surface area contributed by atoms with Crippen LogP contribution in [0.25, 0.3) is 5.69 Å². The normalized spacial score (nSPS) is 12.4. The number of benzene rings is 2. The summed E-state index contributed by atoms with van der Waals surface area (Å²) in [4.78, 5) is 13.5. The predicted molar refractivity (Wildman–Crippen MR) is 133 cm³/mol. The highest BCUT2D eigenvalue weighted by molar-refractivity contribution is 7.54. The first-order valence-electron chi connectivity index (χ1n) is 11.0. The molecule has 1 atom stereocenters. The topological polar surface area (TPSA) is 93.0 Å². The van der Waals surface area contributed by atoms with Crippen LogP contribution >= 0.6 is 7.60 Å². The molecule has 1 heterocycles. The third-order valence-electron chi connectivity index (χ3n) is 5.50. The molecule has 184 valence electrons. The van der Waals surface area contributed by atoms with E-state index in [9.17, 15) is 9.36 Å². The van der Waals surface area contributed by atoms with Crippen molar-refractivity contribution in [2.45, 2.75) is 26.6 Å². The number of nitrogens with zero attached hydrogens (tertiary/aromatic N) is 2. The van der Waals surface area contributed by atoms with E-state index in [1.54, 1.807) is 55.6 Å². The summed E-state index contributed by atoms with van der Waals surface area (Å²) >= 11 is 0. The first kappa shape index (κ1) is 25.6. The van der Waals surface area contributed by atoms with E-state index in [0.717, 1.165) is 0 Å². The van der Waals surface area contributed by atoms with Gasteiger partial charge in [0.15, 0.2) is 5.78 Å². The van der Waals surface area contributed by atoms with Gasteiger partial charge in [-0.25, -0.2) is 4.68 Å². The number of aromatic nitrogens is 2. The molecule has 0 saturated carbocycles. The van der Waals surface area contributed by atoms with Crippen LogP contribution in [0, 0.1) is 6.92 Å². The largest absolute Gasteiger partial charge is 0.497 e. The fourth-order valence-electron chi connectivity index (χ4n) is 3.79. The second-order valence-corrected chi connectivity index (χ2v) is 9.58. The van der Waals surface area contributed by atoms with Crippen molar-refractivity contribution < 1.29 is 23.1 Å². The maximum atomic E-state index is 14.0. The summed E-state index contributed by atoms with van der Waals surface area (Å²) in [6.07, 6.45) is 0. The third-order valence-corrected chi connectivity index (χ3v) is 7.78. The van der Waals surface area contributed by atoms with Crippen LogP contribution in [-0.2, 0) is 20.7 Å². The molecule has 9 nitrogen and oxygen atoms in total. The van der Waals surface area contributed by atoms with Crippen LogP contribution < -0.4 is 20.3 Å². The lowest BCUT2D eigenvalue weighted by Crippen LogP contribution is -2.23. The zero-order valence-electron chi connectivity index (χ0n) is 20.4. The highest BCUT2D eigenvalue weighted by Crippen LogP contribution is 2.62. The smallest absolute Gasteiger partial charge is 0.357 e. The van der Waals surface area contributed by atoms with Crippen molar-refractivity contribution in [1.82, 2.24) is 9.36 Å². The fourth-order valence-corrected chi connectivity index (χ4v) is 5.72. The SMILES string of the molecule is CCOP(=O)(OCC)C(Nc1c(C)n(C)n(-c2ccccc2)c1=O)c1ccc(OC)cc1OC. The third kappa shape index (κ3) is 4.92. The van der Waals surface area contributed by atoms with E-state index in [2.05, 4.69) is 5.32 Å². The minimum absolute atomic E-state index is 0.163. The minimum Gasteiger partial charge on any atom is -0.497 e. The summed E-state index contributed by atoms with van der Waals surface area (Å²) in [7, 11) is 1.07. The first-order chi connectivity index (χ1) is 16.3. The second kappa shape index (κ2) is 11.0. The van der Waals surface area contributed by atoms with Crippen LogP contribution in [0.4, 0.5) is 5.69 Å².